The number of aromatic nitrogens is 1. The summed E-state index contributed by atoms with van der Waals surface area (Å²) in [6.07, 6.45) is -3.74. The van der Waals surface area contributed by atoms with Gasteiger partial charge in [-0.25, -0.2) is 4.98 Å². The van der Waals surface area contributed by atoms with Gasteiger partial charge >= 0.3 is 6.18 Å². The fourth-order valence-corrected chi connectivity index (χ4v) is 2.60. The summed E-state index contributed by atoms with van der Waals surface area (Å²) in [7, 11) is 0. The van der Waals surface area contributed by atoms with Crippen LogP contribution in [0.4, 0.5) is 13.2 Å². The highest BCUT2D eigenvalue weighted by Gasteiger charge is 2.30. The number of nitrogens with two attached hydrogens (primary N) is 1. The maximum absolute atomic E-state index is 12.5. The Hall–Kier alpha value is -1.14. The van der Waals surface area contributed by atoms with Crippen LogP contribution in [0.25, 0.3) is 10.2 Å². The van der Waals surface area contributed by atoms with Crippen molar-refractivity contribution in [1.29, 1.82) is 0 Å². The summed E-state index contributed by atoms with van der Waals surface area (Å²) in [5, 5.41) is 0.773. The highest BCUT2D eigenvalue weighted by Crippen LogP contribution is 2.32. The summed E-state index contributed by atoms with van der Waals surface area (Å²) < 4.78 is 38.2. The van der Waals surface area contributed by atoms with Crippen LogP contribution < -0.4 is 5.73 Å². The molecular weight excluding hydrogens is 249 g/mol. The second-order valence-electron chi connectivity index (χ2n) is 3.97. The zero-order chi connectivity index (χ0) is 12.6. The maximum atomic E-state index is 12.5. The van der Waals surface area contributed by atoms with Crippen LogP contribution in [0.5, 0.6) is 0 Å². The second kappa shape index (κ2) is 4.27. The average molecular weight is 260 g/mol. The van der Waals surface area contributed by atoms with Gasteiger partial charge in [-0.05, 0) is 25.1 Å². The SMILES string of the molecule is CC(N)Cc1nc2cc(C(F)(F)F)ccc2s1. The lowest BCUT2D eigenvalue weighted by molar-refractivity contribution is -0.137. The van der Waals surface area contributed by atoms with Crippen molar-refractivity contribution < 1.29 is 13.2 Å². The van der Waals surface area contributed by atoms with E-state index in [1.165, 1.54) is 17.4 Å². The van der Waals surface area contributed by atoms with Crippen molar-refractivity contribution in [2.75, 3.05) is 0 Å². The number of rotatable bonds is 2. The molecule has 1 atom stereocenters. The van der Waals surface area contributed by atoms with Crippen LogP contribution in [-0.2, 0) is 12.6 Å². The average Bonchev–Trinajstić information content (AvgIpc) is 2.55. The van der Waals surface area contributed by atoms with Gasteiger partial charge in [-0.1, -0.05) is 0 Å². The molecule has 2 N–H and O–H groups in total. The lowest BCUT2D eigenvalue weighted by atomic mass is 10.2. The molecule has 0 aliphatic heterocycles. The number of thiazole rings is 1. The summed E-state index contributed by atoms with van der Waals surface area (Å²) in [5.74, 6) is 0. The minimum absolute atomic E-state index is 0.0438. The van der Waals surface area contributed by atoms with Crippen molar-refractivity contribution in [1.82, 2.24) is 4.98 Å². The van der Waals surface area contributed by atoms with Gasteiger partial charge in [-0.15, -0.1) is 11.3 Å². The van der Waals surface area contributed by atoms with E-state index < -0.39 is 11.7 Å². The molecule has 1 unspecified atom stereocenters. The molecule has 0 fully saturated rings. The van der Waals surface area contributed by atoms with E-state index in [2.05, 4.69) is 4.98 Å². The summed E-state index contributed by atoms with van der Waals surface area (Å²) in [6, 6.07) is 3.57. The third-order valence-electron chi connectivity index (χ3n) is 2.26. The first-order chi connectivity index (χ1) is 7.86. The van der Waals surface area contributed by atoms with Crippen LogP contribution in [-0.4, -0.2) is 11.0 Å². The molecular formula is C11H11F3N2S. The van der Waals surface area contributed by atoms with Gasteiger partial charge in [0.15, 0.2) is 0 Å². The molecule has 6 heteroatoms. The van der Waals surface area contributed by atoms with Crippen LogP contribution in [0.15, 0.2) is 18.2 Å². The van der Waals surface area contributed by atoms with E-state index in [1.807, 2.05) is 6.92 Å². The molecule has 92 valence electrons. The van der Waals surface area contributed by atoms with Crippen LogP contribution in [0.3, 0.4) is 0 Å². The predicted molar refractivity (Wildman–Crippen MR) is 62.0 cm³/mol. The minimum atomic E-state index is -4.32. The molecule has 0 aliphatic rings. The number of benzene rings is 1. The van der Waals surface area contributed by atoms with E-state index in [4.69, 9.17) is 5.73 Å². The third kappa shape index (κ3) is 2.76. The normalized spacial score (nSPS) is 14.2. The molecule has 0 saturated carbocycles. The molecule has 0 spiro atoms. The lowest BCUT2D eigenvalue weighted by Gasteiger charge is -2.04. The van der Waals surface area contributed by atoms with E-state index in [1.54, 1.807) is 0 Å². The van der Waals surface area contributed by atoms with Gasteiger partial charge in [0.25, 0.3) is 0 Å². The smallest absolute Gasteiger partial charge is 0.328 e. The van der Waals surface area contributed by atoms with Gasteiger partial charge in [0, 0.05) is 12.5 Å². The van der Waals surface area contributed by atoms with Crippen molar-refractivity contribution in [3.05, 3.63) is 28.8 Å². The van der Waals surface area contributed by atoms with Crippen molar-refractivity contribution in [3.63, 3.8) is 0 Å². The highest BCUT2D eigenvalue weighted by atomic mass is 32.1. The van der Waals surface area contributed by atoms with Gasteiger partial charge < -0.3 is 5.73 Å². The molecule has 2 rings (SSSR count). The first-order valence-corrected chi connectivity index (χ1v) is 5.90. The fraction of sp³-hybridized carbons (Fsp3) is 0.364. The largest absolute Gasteiger partial charge is 0.416 e. The Bertz CT molecular complexity index is 531. The summed E-state index contributed by atoms with van der Waals surface area (Å²) in [6.45, 7) is 1.84. The first kappa shape index (κ1) is 12.3. The number of hydrogen-bond donors (Lipinski definition) is 1. The molecule has 0 radical (unpaired) electrons. The molecule has 1 aromatic heterocycles. The van der Waals surface area contributed by atoms with Crippen molar-refractivity contribution >= 4 is 21.6 Å². The Morgan fingerprint density at radius 3 is 2.71 bits per heavy atom. The monoisotopic (exact) mass is 260 g/mol. The molecule has 2 aromatic rings. The second-order valence-corrected chi connectivity index (χ2v) is 5.08. The van der Waals surface area contributed by atoms with E-state index in [0.717, 1.165) is 21.8 Å². The molecule has 1 aromatic carbocycles. The number of halogens is 3. The lowest BCUT2D eigenvalue weighted by Crippen LogP contribution is -2.17. The van der Waals surface area contributed by atoms with Gasteiger partial charge in [-0.2, -0.15) is 13.2 Å². The summed E-state index contributed by atoms with van der Waals surface area (Å²) in [5.41, 5.74) is 5.36. The predicted octanol–water partition coefficient (Wildman–Crippen LogP) is 3.20. The Balaban J connectivity index is 2.41. The third-order valence-corrected chi connectivity index (χ3v) is 3.31. The zero-order valence-corrected chi connectivity index (χ0v) is 9.90. The maximum Gasteiger partial charge on any atom is 0.416 e. The van der Waals surface area contributed by atoms with E-state index in [0.29, 0.717) is 11.9 Å². The quantitative estimate of drug-likeness (QED) is 0.900. The number of alkyl halides is 3. The van der Waals surface area contributed by atoms with Gasteiger partial charge in [-0.3, -0.25) is 0 Å². The van der Waals surface area contributed by atoms with Crippen LogP contribution in [0.1, 0.15) is 17.5 Å². The van der Waals surface area contributed by atoms with Crippen LogP contribution in [0, 0.1) is 0 Å². The number of hydrogen-bond acceptors (Lipinski definition) is 3. The Morgan fingerprint density at radius 1 is 1.41 bits per heavy atom. The van der Waals surface area contributed by atoms with Crippen LogP contribution in [0.2, 0.25) is 0 Å². The zero-order valence-electron chi connectivity index (χ0n) is 9.08. The van der Waals surface area contributed by atoms with Crippen LogP contribution >= 0.6 is 11.3 Å². The molecule has 0 bridgehead atoms. The number of fused-ring (bicyclic) bond motifs is 1. The Morgan fingerprint density at radius 2 is 2.12 bits per heavy atom. The molecule has 17 heavy (non-hydrogen) atoms. The van der Waals surface area contributed by atoms with Gasteiger partial charge in [0.05, 0.1) is 20.8 Å². The molecule has 1 heterocycles. The van der Waals surface area contributed by atoms with E-state index in [9.17, 15) is 13.2 Å². The molecule has 2 nitrogen and oxygen atoms in total. The Kier molecular flexibility index (Phi) is 3.09. The Labute approximate surface area is 100 Å². The van der Waals surface area contributed by atoms with Crippen molar-refractivity contribution in [2.24, 2.45) is 5.73 Å². The standard InChI is InChI=1S/C11H11F3N2S/c1-6(15)4-10-16-8-5-7(11(12,13)14)2-3-9(8)17-10/h2-3,5-6H,4,15H2,1H3. The first-order valence-electron chi connectivity index (χ1n) is 5.08. The number of nitrogens with zero attached hydrogens (tertiary/aromatic N) is 1. The minimum Gasteiger partial charge on any atom is -0.328 e. The van der Waals surface area contributed by atoms with Gasteiger partial charge in [0.2, 0.25) is 0 Å². The fourth-order valence-electron chi connectivity index (χ4n) is 1.51. The van der Waals surface area contributed by atoms with Crippen molar-refractivity contribution in [2.45, 2.75) is 25.6 Å². The van der Waals surface area contributed by atoms with Gasteiger partial charge in [0.1, 0.15) is 0 Å². The molecule has 0 aliphatic carbocycles. The molecule has 0 amide bonds. The summed E-state index contributed by atoms with van der Waals surface area (Å²) in [4.78, 5) is 4.17. The van der Waals surface area contributed by atoms with E-state index in [-0.39, 0.29) is 6.04 Å². The highest BCUT2D eigenvalue weighted by molar-refractivity contribution is 7.18. The van der Waals surface area contributed by atoms with Crippen molar-refractivity contribution in [3.8, 4) is 0 Å². The topological polar surface area (TPSA) is 38.9 Å². The molecule has 0 saturated heterocycles. The summed E-state index contributed by atoms with van der Waals surface area (Å²) >= 11 is 1.39. The van der Waals surface area contributed by atoms with E-state index >= 15 is 0 Å².